The molecule has 1 aromatic rings. The summed E-state index contributed by atoms with van der Waals surface area (Å²) in [5, 5.41) is 11.0. The zero-order valence-corrected chi connectivity index (χ0v) is 12.3. The Morgan fingerprint density at radius 1 is 1.33 bits per heavy atom. The molecule has 0 aliphatic heterocycles. The van der Waals surface area contributed by atoms with Crippen LogP contribution in [-0.4, -0.2) is 43.3 Å². The molecule has 0 bridgehead atoms. The highest BCUT2D eigenvalue weighted by atomic mass is 16.5. The molecule has 116 valence electrons. The lowest BCUT2D eigenvalue weighted by Gasteiger charge is -2.10. The predicted molar refractivity (Wildman–Crippen MR) is 77.6 cm³/mol. The summed E-state index contributed by atoms with van der Waals surface area (Å²) in [4.78, 5) is 22.1. The van der Waals surface area contributed by atoms with Gasteiger partial charge < -0.3 is 19.9 Å². The van der Waals surface area contributed by atoms with E-state index in [1.54, 1.807) is 24.3 Å². The van der Waals surface area contributed by atoms with Crippen LogP contribution in [0.15, 0.2) is 24.3 Å². The quantitative estimate of drug-likeness (QED) is 0.675. The number of amides is 1. The molecule has 2 N–H and O–H groups in total. The number of hydrogen-bond donors (Lipinski definition) is 2. The van der Waals surface area contributed by atoms with Crippen LogP contribution in [0.2, 0.25) is 0 Å². The number of hydrogen-bond acceptors (Lipinski definition) is 4. The number of nitrogens with one attached hydrogen (secondary N) is 1. The first kappa shape index (κ1) is 17.0. The van der Waals surface area contributed by atoms with Gasteiger partial charge in [0.05, 0.1) is 13.2 Å². The van der Waals surface area contributed by atoms with E-state index in [1.807, 2.05) is 13.8 Å². The van der Waals surface area contributed by atoms with E-state index < -0.39 is 5.97 Å². The van der Waals surface area contributed by atoms with Crippen LogP contribution >= 0.6 is 0 Å². The molecule has 0 aromatic heterocycles. The molecule has 1 rings (SSSR count). The Bertz CT molecular complexity index is 473. The average molecular weight is 295 g/mol. The van der Waals surface area contributed by atoms with E-state index in [4.69, 9.17) is 14.6 Å². The van der Waals surface area contributed by atoms with Crippen LogP contribution in [0.3, 0.4) is 0 Å². The Morgan fingerprint density at radius 2 is 2.10 bits per heavy atom. The van der Waals surface area contributed by atoms with Gasteiger partial charge in [-0.15, -0.1) is 0 Å². The molecule has 0 saturated heterocycles. The summed E-state index contributed by atoms with van der Waals surface area (Å²) in [6.07, 6.45) is 0. The predicted octanol–water partition coefficient (Wildman–Crippen LogP) is 1.55. The summed E-state index contributed by atoms with van der Waals surface area (Å²) >= 11 is 0. The van der Waals surface area contributed by atoms with E-state index in [1.165, 1.54) is 0 Å². The average Bonchev–Trinajstić information content (AvgIpc) is 2.44. The Hall–Kier alpha value is -2.08. The molecule has 0 aliphatic carbocycles. The van der Waals surface area contributed by atoms with E-state index in [9.17, 15) is 9.59 Å². The Kier molecular flexibility index (Phi) is 7.25. The molecule has 6 nitrogen and oxygen atoms in total. The summed E-state index contributed by atoms with van der Waals surface area (Å²) in [6.45, 7) is 4.73. The monoisotopic (exact) mass is 295 g/mol. The minimum absolute atomic E-state index is 0.154. The number of carbonyl (C=O) groups excluding carboxylic acids is 1. The lowest BCUT2D eigenvalue weighted by atomic mass is 10.2. The normalized spacial score (nSPS) is 10.4. The molecule has 1 aromatic carbocycles. The van der Waals surface area contributed by atoms with Gasteiger partial charge in [-0.2, -0.15) is 0 Å². The molecule has 0 saturated carbocycles. The molecular formula is C15H21NO5. The fourth-order valence-corrected chi connectivity index (χ4v) is 1.49. The van der Waals surface area contributed by atoms with Gasteiger partial charge >= 0.3 is 5.97 Å². The SMILES string of the molecule is CC(C)COc1cccc(C(=O)NCCOCC(=O)O)c1. The maximum absolute atomic E-state index is 11.9. The maximum atomic E-state index is 11.9. The van der Waals surface area contributed by atoms with Crippen molar-refractivity contribution < 1.29 is 24.2 Å². The lowest BCUT2D eigenvalue weighted by Crippen LogP contribution is -2.27. The van der Waals surface area contributed by atoms with E-state index >= 15 is 0 Å². The number of carboxylic acids is 1. The smallest absolute Gasteiger partial charge is 0.329 e. The molecule has 21 heavy (non-hydrogen) atoms. The molecule has 0 radical (unpaired) electrons. The highest BCUT2D eigenvalue weighted by Crippen LogP contribution is 2.14. The van der Waals surface area contributed by atoms with Crippen molar-refractivity contribution in [2.45, 2.75) is 13.8 Å². The molecule has 0 aliphatic rings. The summed E-state index contributed by atoms with van der Waals surface area (Å²) in [6, 6.07) is 6.92. The molecule has 6 heteroatoms. The van der Waals surface area contributed by atoms with Gasteiger partial charge in [-0.1, -0.05) is 19.9 Å². The van der Waals surface area contributed by atoms with Crippen LogP contribution in [-0.2, 0) is 9.53 Å². The van der Waals surface area contributed by atoms with Crippen molar-refractivity contribution in [2.75, 3.05) is 26.4 Å². The molecule has 0 unspecified atom stereocenters. The van der Waals surface area contributed by atoms with Crippen LogP contribution in [0.1, 0.15) is 24.2 Å². The van der Waals surface area contributed by atoms with E-state index in [0.717, 1.165) is 0 Å². The van der Waals surface area contributed by atoms with Crippen molar-refractivity contribution in [3.8, 4) is 5.75 Å². The summed E-state index contributed by atoms with van der Waals surface area (Å²) in [7, 11) is 0. The standard InChI is InChI=1S/C15H21NO5/c1-11(2)9-21-13-5-3-4-12(8-13)15(19)16-6-7-20-10-14(17)18/h3-5,8,11H,6-7,9-10H2,1-2H3,(H,16,19)(H,17,18). The maximum Gasteiger partial charge on any atom is 0.329 e. The van der Waals surface area contributed by atoms with Crippen molar-refractivity contribution in [3.05, 3.63) is 29.8 Å². The topological polar surface area (TPSA) is 84.9 Å². The summed E-state index contributed by atoms with van der Waals surface area (Å²) in [5.41, 5.74) is 0.495. The van der Waals surface area contributed by atoms with E-state index in [2.05, 4.69) is 5.32 Å². The van der Waals surface area contributed by atoms with Crippen LogP contribution < -0.4 is 10.1 Å². The van der Waals surface area contributed by atoms with Gasteiger partial charge in [0.15, 0.2) is 0 Å². The van der Waals surface area contributed by atoms with Crippen LogP contribution in [0.5, 0.6) is 5.75 Å². The zero-order chi connectivity index (χ0) is 15.7. The van der Waals surface area contributed by atoms with Crippen LogP contribution in [0, 0.1) is 5.92 Å². The first-order chi connectivity index (χ1) is 9.99. The van der Waals surface area contributed by atoms with Crippen molar-refractivity contribution in [1.29, 1.82) is 0 Å². The van der Waals surface area contributed by atoms with Gasteiger partial charge in [0.1, 0.15) is 12.4 Å². The third kappa shape index (κ3) is 7.31. The van der Waals surface area contributed by atoms with Gasteiger partial charge in [-0.25, -0.2) is 4.79 Å². The van der Waals surface area contributed by atoms with Gasteiger partial charge in [-0.3, -0.25) is 4.79 Å². The fourth-order valence-electron chi connectivity index (χ4n) is 1.49. The molecule has 1 amide bonds. The first-order valence-electron chi connectivity index (χ1n) is 6.79. The second-order valence-electron chi connectivity index (χ2n) is 4.93. The van der Waals surface area contributed by atoms with Crippen molar-refractivity contribution in [3.63, 3.8) is 0 Å². The largest absolute Gasteiger partial charge is 0.493 e. The first-order valence-corrected chi connectivity index (χ1v) is 6.79. The summed E-state index contributed by atoms with van der Waals surface area (Å²) in [5.74, 6) is -0.215. The molecular weight excluding hydrogens is 274 g/mol. The second kappa shape index (κ2) is 8.97. The van der Waals surface area contributed by atoms with Gasteiger partial charge in [0.25, 0.3) is 5.91 Å². The second-order valence-corrected chi connectivity index (χ2v) is 4.93. The highest BCUT2D eigenvalue weighted by molar-refractivity contribution is 5.94. The molecule has 0 spiro atoms. The Balaban J connectivity index is 2.39. The number of rotatable bonds is 9. The van der Waals surface area contributed by atoms with Crippen LogP contribution in [0.4, 0.5) is 0 Å². The van der Waals surface area contributed by atoms with Crippen molar-refractivity contribution >= 4 is 11.9 Å². The minimum atomic E-state index is -1.03. The Morgan fingerprint density at radius 3 is 2.76 bits per heavy atom. The van der Waals surface area contributed by atoms with Crippen LogP contribution in [0.25, 0.3) is 0 Å². The fraction of sp³-hybridized carbons (Fsp3) is 0.467. The molecule has 0 atom stereocenters. The number of benzene rings is 1. The third-order valence-electron chi connectivity index (χ3n) is 2.44. The molecule has 0 fully saturated rings. The molecule has 0 heterocycles. The highest BCUT2D eigenvalue weighted by Gasteiger charge is 2.07. The number of ether oxygens (including phenoxy) is 2. The van der Waals surface area contributed by atoms with Crippen molar-refractivity contribution in [1.82, 2.24) is 5.32 Å². The number of carboxylic acid groups (broad SMARTS) is 1. The lowest BCUT2D eigenvalue weighted by molar-refractivity contribution is -0.142. The van der Waals surface area contributed by atoms with E-state index in [-0.39, 0.29) is 25.7 Å². The van der Waals surface area contributed by atoms with Gasteiger partial charge in [-0.05, 0) is 24.1 Å². The zero-order valence-electron chi connectivity index (χ0n) is 12.3. The third-order valence-corrected chi connectivity index (χ3v) is 2.44. The van der Waals surface area contributed by atoms with Gasteiger partial charge in [0.2, 0.25) is 0 Å². The number of carbonyl (C=O) groups is 2. The summed E-state index contributed by atoms with van der Waals surface area (Å²) < 4.78 is 10.4. The van der Waals surface area contributed by atoms with Gasteiger partial charge in [0, 0.05) is 12.1 Å². The number of aliphatic carboxylic acids is 1. The minimum Gasteiger partial charge on any atom is -0.493 e. The van der Waals surface area contributed by atoms with E-state index in [0.29, 0.717) is 23.8 Å². The Labute approximate surface area is 124 Å². The van der Waals surface area contributed by atoms with Crippen molar-refractivity contribution in [2.24, 2.45) is 5.92 Å².